The van der Waals surface area contributed by atoms with E-state index in [9.17, 15) is 9.59 Å². The van der Waals surface area contributed by atoms with Gasteiger partial charge in [0.2, 0.25) is 5.91 Å². The van der Waals surface area contributed by atoms with E-state index in [2.05, 4.69) is 5.32 Å². The number of nitrogens with zero attached hydrogens (tertiary/aromatic N) is 1. The average molecular weight is 259 g/mol. The summed E-state index contributed by atoms with van der Waals surface area (Å²) in [5.74, 6) is -0.139. The SMILES string of the molecule is Nc1cccc(N2C(=O)CC3(CCC3)CNC2=O)c1. The minimum atomic E-state index is -0.348. The molecule has 0 atom stereocenters. The summed E-state index contributed by atoms with van der Waals surface area (Å²) in [6, 6.07) is 6.51. The number of nitrogen functional groups attached to an aromatic ring is 1. The molecule has 1 aliphatic heterocycles. The van der Waals surface area contributed by atoms with Crippen LogP contribution in [0.5, 0.6) is 0 Å². The largest absolute Gasteiger partial charge is 0.399 e. The van der Waals surface area contributed by atoms with Crippen molar-refractivity contribution in [2.45, 2.75) is 25.7 Å². The summed E-state index contributed by atoms with van der Waals surface area (Å²) < 4.78 is 0. The third kappa shape index (κ3) is 2.05. The Kier molecular flexibility index (Phi) is 2.69. The lowest BCUT2D eigenvalue weighted by atomic mass is 9.66. The monoisotopic (exact) mass is 259 g/mol. The molecule has 2 aliphatic rings. The zero-order valence-electron chi connectivity index (χ0n) is 10.7. The predicted octanol–water partition coefficient (Wildman–Crippen LogP) is 1.89. The van der Waals surface area contributed by atoms with Crippen molar-refractivity contribution in [3.63, 3.8) is 0 Å². The van der Waals surface area contributed by atoms with Crippen molar-refractivity contribution in [2.75, 3.05) is 17.2 Å². The van der Waals surface area contributed by atoms with E-state index >= 15 is 0 Å². The van der Waals surface area contributed by atoms with Gasteiger partial charge in [0, 0.05) is 18.7 Å². The summed E-state index contributed by atoms with van der Waals surface area (Å²) in [6.45, 7) is 0.594. The van der Waals surface area contributed by atoms with Crippen molar-refractivity contribution < 1.29 is 9.59 Å². The summed E-state index contributed by atoms with van der Waals surface area (Å²) in [7, 11) is 0. The molecule has 1 heterocycles. The number of hydrogen-bond donors (Lipinski definition) is 2. The number of anilines is 2. The lowest BCUT2D eigenvalue weighted by molar-refractivity contribution is -0.120. The van der Waals surface area contributed by atoms with E-state index < -0.39 is 0 Å². The van der Waals surface area contributed by atoms with Crippen molar-refractivity contribution in [1.29, 1.82) is 0 Å². The zero-order chi connectivity index (χ0) is 13.5. The molecule has 100 valence electrons. The minimum Gasteiger partial charge on any atom is -0.399 e. The highest BCUT2D eigenvalue weighted by atomic mass is 16.2. The molecule has 1 aromatic rings. The molecule has 1 saturated heterocycles. The maximum atomic E-state index is 12.4. The molecule has 2 fully saturated rings. The van der Waals surface area contributed by atoms with Gasteiger partial charge in [0.25, 0.3) is 0 Å². The van der Waals surface area contributed by atoms with Gasteiger partial charge >= 0.3 is 6.03 Å². The van der Waals surface area contributed by atoms with Crippen molar-refractivity contribution in [3.8, 4) is 0 Å². The molecule has 1 aromatic carbocycles. The zero-order valence-corrected chi connectivity index (χ0v) is 10.7. The minimum absolute atomic E-state index is 0.0121. The van der Waals surface area contributed by atoms with Gasteiger partial charge in [-0.1, -0.05) is 12.5 Å². The molecule has 3 amide bonds. The van der Waals surface area contributed by atoms with Gasteiger partial charge in [0.05, 0.1) is 5.69 Å². The second-order valence-corrected chi connectivity index (χ2v) is 5.51. The van der Waals surface area contributed by atoms with Crippen molar-refractivity contribution >= 4 is 23.3 Å². The Morgan fingerprint density at radius 1 is 1.26 bits per heavy atom. The number of imide groups is 1. The van der Waals surface area contributed by atoms with E-state index in [0.717, 1.165) is 19.3 Å². The van der Waals surface area contributed by atoms with Crippen molar-refractivity contribution in [1.82, 2.24) is 5.32 Å². The summed E-state index contributed by atoms with van der Waals surface area (Å²) >= 11 is 0. The Morgan fingerprint density at radius 2 is 2.05 bits per heavy atom. The highest BCUT2D eigenvalue weighted by Gasteiger charge is 2.44. The molecule has 1 spiro atoms. The number of hydrogen-bond acceptors (Lipinski definition) is 3. The lowest BCUT2D eigenvalue weighted by Gasteiger charge is -2.39. The van der Waals surface area contributed by atoms with Crippen LogP contribution in [-0.4, -0.2) is 18.5 Å². The predicted molar refractivity (Wildman–Crippen MR) is 72.6 cm³/mol. The lowest BCUT2D eigenvalue weighted by Crippen LogP contribution is -2.42. The van der Waals surface area contributed by atoms with E-state index in [1.807, 2.05) is 0 Å². The van der Waals surface area contributed by atoms with E-state index in [1.165, 1.54) is 4.90 Å². The third-order valence-corrected chi connectivity index (χ3v) is 4.14. The van der Waals surface area contributed by atoms with Crippen LogP contribution >= 0.6 is 0 Å². The Labute approximate surface area is 111 Å². The second-order valence-electron chi connectivity index (χ2n) is 5.51. The van der Waals surface area contributed by atoms with Crippen LogP contribution in [-0.2, 0) is 4.79 Å². The van der Waals surface area contributed by atoms with Crippen LogP contribution in [0.3, 0.4) is 0 Å². The van der Waals surface area contributed by atoms with Crippen LogP contribution in [0, 0.1) is 5.41 Å². The molecule has 5 nitrogen and oxygen atoms in total. The van der Waals surface area contributed by atoms with Gasteiger partial charge in [-0.2, -0.15) is 0 Å². The van der Waals surface area contributed by atoms with Gasteiger partial charge in [-0.15, -0.1) is 0 Å². The number of carbonyl (C=O) groups excluding carboxylic acids is 2. The maximum absolute atomic E-state index is 12.4. The van der Waals surface area contributed by atoms with Gasteiger partial charge in [-0.3, -0.25) is 4.79 Å². The van der Waals surface area contributed by atoms with Crippen LogP contribution in [0.25, 0.3) is 0 Å². The number of carbonyl (C=O) groups is 2. The van der Waals surface area contributed by atoms with Crippen LogP contribution in [0.15, 0.2) is 24.3 Å². The fraction of sp³-hybridized carbons (Fsp3) is 0.429. The highest BCUT2D eigenvalue weighted by Crippen LogP contribution is 2.45. The van der Waals surface area contributed by atoms with Crippen molar-refractivity contribution in [3.05, 3.63) is 24.3 Å². The Morgan fingerprint density at radius 3 is 2.68 bits per heavy atom. The normalized spacial score (nSPS) is 21.8. The van der Waals surface area contributed by atoms with Crippen LogP contribution in [0.2, 0.25) is 0 Å². The molecule has 5 heteroatoms. The van der Waals surface area contributed by atoms with Gasteiger partial charge in [-0.25, -0.2) is 9.69 Å². The Balaban J connectivity index is 1.91. The molecule has 3 rings (SSSR count). The molecule has 1 aliphatic carbocycles. The van der Waals surface area contributed by atoms with Crippen LogP contribution < -0.4 is 16.0 Å². The van der Waals surface area contributed by atoms with E-state index in [-0.39, 0.29) is 17.4 Å². The van der Waals surface area contributed by atoms with Gasteiger partial charge in [0.1, 0.15) is 0 Å². The van der Waals surface area contributed by atoms with E-state index in [0.29, 0.717) is 24.3 Å². The number of nitrogens with one attached hydrogen (secondary N) is 1. The number of amides is 3. The number of urea groups is 1. The molecule has 1 saturated carbocycles. The Hall–Kier alpha value is -2.04. The number of benzene rings is 1. The van der Waals surface area contributed by atoms with E-state index in [4.69, 9.17) is 5.73 Å². The standard InChI is InChI=1S/C14H17N3O2/c15-10-3-1-4-11(7-10)17-12(18)8-14(5-2-6-14)9-16-13(17)19/h1,3-4,7H,2,5-6,8-9,15H2,(H,16,19). The molecule has 19 heavy (non-hydrogen) atoms. The fourth-order valence-electron chi connectivity index (χ4n) is 2.87. The van der Waals surface area contributed by atoms with E-state index in [1.54, 1.807) is 24.3 Å². The fourth-order valence-corrected chi connectivity index (χ4v) is 2.87. The first-order valence-corrected chi connectivity index (χ1v) is 6.56. The Bertz CT molecular complexity index is 537. The maximum Gasteiger partial charge on any atom is 0.328 e. The smallest absolute Gasteiger partial charge is 0.328 e. The summed E-state index contributed by atoms with van der Waals surface area (Å²) in [6.07, 6.45) is 3.61. The van der Waals surface area contributed by atoms with Gasteiger partial charge in [-0.05, 0) is 36.5 Å². The first kappa shape index (κ1) is 12.0. The van der Waals surface area contributed by atoms with Crippen molar-refractivity contribution in [2.24, 2.45) is 5.41 Å². The first-order chi connectivity index (χ1) is 9.10. The molecule has 0 bridgehead atoms. The summed E-state index contributed by atoms with van der Waals surface area (Å²) in [4.78, 5) is 25.7. The molecular weight excluding hydrogens is 242 g/mol. The molecular formula is C14H17N3O2. The van der Waals surface area contributed by atoms with Gasteiger partial charge < -0.3 is 11.1 Å². The average Bonchev–Trinajstić information content (AvgIpc) is 2.45. The highest BCUT2D eigenvalue weighted by molar-refractivity contribution is 6.15. The molecule has 0 aromatic heterocycles. The number of rotatable bonds is 1. The van der Waals surface area contributed by atoms with Crippen LogP contribution in [0.1, 0.15) is 25.7 Å². The first-order valence-electron chi connectivity index (χ1n) is 6.56. The second kappa shape index (κ2) is 4.26. The number of nitrogens with two attached hydrogens (primary N) is 1. The van der Waals surface area contributed by atoms with Crippen LogP contribution in [0.4, 0.5) is 16.2 Å². The van der Waals surface area contributed by atoms with Gasteiger partial charge in [0.15, 0.2) is 0 Å². The molecule has 0 radical (unpaired) electrons. The quantitative estimate of drug-likeness (QED) is 0.756. The third-order valence-electron chi connectivity index (χ3n) is 4.14. The summed E-state index contributed by atoms with van der Waals surface area (Å²) in [5, 5.41) is 2.86. The topological polar surface area (TPSA) is 75.4 Å². The summed E-state index contributed by atoms with van der Waals surface area (Å²) in [5.41, 5.74) is 6.79. The molecule has 3 N–H and O–H groups in total. The molecule has 0 unspecified atom stereocenters.